The first kappa shape index (κ1) is 20.4. The molecule has 0 aliphatic carbocycles. The summed E-state index contributed by atoms with van der Waals surface area (Å²) in [5.74, 6) is -0.0706. The third-order valence-electron chi connectivity index (χ3n) is 3.91. The molecule has 8 heteroatoms. The van der Waals surface area contributed by atoms with Crippen LogP contribution in [0.4, 0.5) is 20.7 Å². The summed E-state index contributed by atoms with van der Waals surface area (Å²) in [5, 5.41) is 8.81. The summed E-state index contributed by atoms with van der Waals surface area (Å²) in [4.78, 5) is 26.2. The number of hydrogen-bond acceptors (Lipinski definition) is 4. The Morgan fingerprint density at radius 1 is 1.19 bits per heavy atom. The number of aromatic nitrogens is 1. The van der Waals surface area contributed by atoms with E-state index in [1.807, 2.05) is 0 Å². The smallest absolute Gasteiger partial charge is 0.322 e. The fourth-order valence-electron chi connectivity index (χ4n) is 2.52. The molecule has 1 aromatic carbocycles. The van der Waals surface area contributed by atoms with Crippen LogP contribution in [-0.4, -0.2) is 35.1 Å². The zero-order valence-electron chi connectivity index (χ0n) is 15.6. The summed E-state index contributed by atoms with van der Waals surface area (Å²) in [6.07, 6.45) is 3.82. The number of hydrogen-bond donors (Lipinski definition) is 2. The molecule has 1 heterocycles. The van der Waals surface area contributed by atoms with Crippen molar-refractivity contribution in [1.82, 2.24) is 10.1 Å². The molecule has 2 N–H and O–H groups in total. The molecule has 0 aliphatic rings. The molecule has 0 aliphatic heterocycles. The second kappa shape index (κ2) is 10.3. The van der Waals surface area contributed by atoms with Crippen LogP contribution in [0.5, 0.6) is 0 Å². The van der Waals surface area contributed by atoms with Crippen LogP contribution in [0.1, 0.15) is 38.4 Å². The van der Waals surface area contributed by atoms with E-state index in [2.05, 4.69) is 22.7 Å². The van der Waals surface area contributed by atoms with Gasteiger partial charge in [-0.15, -0.1) is 0 Å². The van der Waals surface area contributed by atoms with Crippen molar-refractivity contribution in [3.8, 4) is 0 Å². The molecule has 7 nitrogen and oxygen atoms in total. The van der Waals surface area contributed by atoms with Crippen LogP contribution in [0.3, 0.4) is 0 Å². The summed E-state index contributed by atoms with van der Waals surface area (Å²) >= 11 is 0. The molecule has 0 atom stereocenters. The average molecular weight is 376 g/mol. The van der Waals surface area contributed by atoms with Crippen molar-refractivity contribution >= 4 is 23.4 Å². The minimum atomic E-state index is -0.528. The van der Waals surface area contributed by atoms with Crippen LogP contribution in [0.15, 0.2) is 34.9 Å². The van der Waals surface area contributed by atoms with Gasteiger partial charge in [-0.1, -0.05) is 43.5 Å². The molecule has 146 valence electrons. The SMILES string of the molecule is CCCCCCN(CC(=O)Nc1cc(C)on1)C(=O)Nc1ccccc1F. The Morgan fingerprint density at radius 2 is 1.96 bits per heavy atom. The molecular formula is C19H25FN4O3. The van der Waals surface area contributed by atoms with Gasteiger partial charge in [0.15, 0.2) is 5.82 Å². The van der Waals surface area contributed by atoms with Crippen LogP contribution in [0.2, 0.25) is 0 Å². The molecule has 2 aromatic rings. The molecule has 0 fully saturated rings. The van der Waals surface area contributed by atoms with Gasteiger partial charge in [0.1, 0.15) is 18.1 Å². The van der Waals surface area contributed by atoms with Crippen LogP contribution < -0.4 is 10.6 Å². The topological polar surface area (TPSA) is 87.5 Å². The van der Waals surface area contributed by atoms with Gasteiger partial charge in [0.2, 0.25) is 5.91 Å². The second-order valence-corrected chi connectivity index (χ2v) is 6.26. The maximum absolute atomic E-state index is 13.8. The van der Waals surface area contributed by atoms with Crippen molar-refractivity contribution in [3.63, 3.8) is 0 Å². The van der Waals surface area contributed by atoms with Crippen LogP contribution in [-0.2, 0) is 4.79 Å². The van der Waals surface area contributed by atoms with Gasteiger partial charge in [-0.2, -0.15) is 0 Å². The number of aryl methyl sites for hydroxylation is 1. The number of benzene rings is 1. The number of nitrogens with one attached hydrogen (secondary N) is 2. The first-order valence-electron chi connectivity index (χ1n) is 9.03. The number of rotatable bonds is 9. The molecule has 0 bridgehead atoms. The normalized spacial score (nSPS) is 10.5. The Bertz CT molecular complexity index is 763. The quantitative estimate of drug-likeness (QED) is 0.643. The van der Waals surface area contributed by atoms with Crippen molar-refractivity contribution in [3.05, 3.63) is 41.9 Å². The van der Waals surface area contributed by atoms with Gasteiger partial charge >= 0.3 is 6.03 Å². The van der Waals surface area contributed by atoms with Crippen LogP contribution >= 0.6 is 0 Å². The molecule has 3 amide bonds. The number of amides is 3. The number of unbranched alkanes of at least 4 members (excludes halogenated alkanes) is 3. The van der Waals surface area contributed by atoms with Gasteiger partial charge in [0, 0.05) is 12.6 Å². The van der Waals surface area contributed by atoms with Gasteiger partial charge in [-0.3, -0.25) is 4.79 Å². The third kappa shape index (κ3) is 6.73. The van der Waals surface area contributed by atoms with Gasteiger partial charge < -0.3 is 20.1 Å². The maximum Gasteiger partial charge on any atom is 0.322 e. The zero-order chi connectivity index (χ0) is 19.6. The fraction of sp³-hybridized carbons (Fsp3) is 0.421. The molecule has 0 unspecified atom stereocenters. The van der Waals surface area contributed by atoms with E-state index in [4.69, 9.17) is 4.52 Å². The molecule has 0 saturated carbocycles. The third-order valence-corrected chi connectivity index (χ3v) is 3.91. The van der Waals surface area contributed by atoms with E-state index >= 15 is 0 Å². The largest absolute Gasteiger partial charge is 0.360 e. The molecule has 27 heavy (non-hydrogen) atoms. The lowest BCUT2D eigenvalue weighted by atomic mass is 10.2. The number of nitrogens with zero attached hydrogens (tertiary/aromatic N) is 2. The van der Waals surface area contributed by atoms with Crippen molar-refractivity contribution in [2.75, 3.05) is 23.7 Å². The number of halogens is 1. The molecule has 0 spiro atoms. The van der Waals surface area contributed by atoms with E-state index in [9.17, 15) is 14.0 Å². The molecule has 1 aromatic heterocycles. The highest BCUT2D eigenvalue weighted by Gasteiger charge is 2.19. The Hall–Kier alpha value is -2.90. The van der Waals surface area contributed by atoms with Gasteiger partial charge in [-0.25, -0.2) is 9.18 Å². The van der Waals surface area contributed by atoms with E-state index in [-0.39, 0.29) is 18.1 Å². The zero-order valence-corrected chi connectivity index (χ0v) is 15.6. The van der Waals surface area contributed by atoms with Crippen molar-refractivity contribution < 1.29 is 18.5 Å². The minimum Gasteiger partial charge on any atom is -0.360 e. The first-order valence-corrected chi connectivity index (χ1v) is 9.03. The van der Waals surface area contributed by atoms with E-state index in [1.165, 1.54) is 17.0 Å². The number of urea groups is 1. The van der Waals surface area contributed by atoms with Crippen molar-refractivity contribution in [2.45, 2.75) is 39.5 Å². The van der Waals surface area contributed by atoms with Gasteiger partial charge in [0.05, 0.1) is 5.69 Å². The molecular weight excluding hydrogens is 351 g/mol. The monoisotopic (exact) mass is 376 g/mol. The lowest BCUT2D eigenvalue weighted by molar-refractivity contribution is -0.116. The van der Waals surface area contributed by atoms with E-state index in [0.29, 0.717) is 12.3 Å². The minimum absolute atomic E-state index is 0.0774. The lowest BCUT2D eigenvalue weighted by Gasteiger charge is -2.22. The van der Waals surface area contributed by atoms with E-state index in [1.54, 1.807) is 25.1 Å². The summed E-state index contributed by atoms with van der Waals surface area (Å²) in [6, 6.07) is 6.97. The number of anilines is 2. The number of carbonyl (C=O) groups is 2. The van der Waals surface area contributed by atoms with E-state index in [0.717, 1.165) is 25.7 Å². The summed E-state index contributed by atoms with van der Waals surface area (Å²) in [7, 11) is 0. The number of para-hydroxylation sites is 1. The summed E-state index contributed by atoms with van der Waals surface area (Å²) in [5.41, 5.74) is 0.0774. The average Bonchev–Trinajstić information content (AvgIpc) is 3.04. The Kier molecular flexibility index (Phi) is 7.79. The predicted molar refractivity (Wildman–Crippen MR) is 101 cm³/mol. The first-order chi connectivity index (χ1) is 13.0. The maximum atomic E-state index is 13.8. The standard InChI is InChI=1S/C19H25FN4O3/c1-3-4-5-8-11-24(13-18(25)22-17-12-14(2)27-23-17)19(26)21-16-10-7-6-9-15(16)20/h6-7,9-10,12H,3-5,8,11,13H2,1-2H3,(H,21,26)(H,22,23,25). The Morgan fingerprint density at radius 3 is 2.63 bits per heavy atom. The van der Waals surface area contributed by atoms with Crippen molar-refractivity contribution in [2.24, 2.45) is 0 Å². The van der Waals surface area contributed by atoms with Crippen molar-refractivity contribution in [1.29, 1.82) is 0 Å². The predicted octanol–water partition coefficient (Wildman–Crippen LogP) is 4.18. The van der Waals surface area contributed by atoms with Crippen LogP contribution in [0, 0.1) is 12.7 Å². The molecule has 2 rings (SSSR count). The fourth-order valence-corrected chi connectivity index (χ4v) is 2.52. The summed E-state index contributed by atoms with van der Waals surface area (Å²) < 4.78 is 18.7. The summed E-state index contributed by atoms with van der Waals surface area (Å²) in [6.45, 7) is 4.03. The highest BCUT2D eigenvalue weighted by atomic mass is 19.1. The highest BCUT2D eigenvalue weighted by Crippen LogP contribution is 2.14. The Balaban J connectivity index is 1.99. The second-order valence-electron chi connectivity index (χ2n) is 6.26. The highest BCUT2D eigenvalue weighted by molar-refractivity contribution is 5.96. The van der Waals surface area contributed by atoms with Gasteiger partial charge in [-0.05, 0) is 25.5 Å². The Labute approximate surface area is 157 Å². The van der Waals surface area contributed by atoms with E-state index < -0.39 is 17.8 Å². The number of carbonyl (C=O) groups excluding carboxylic acids is 2. The lowest BCUT2D eigenvalue weighted by Crippen LogP contribution is -2.41. The molecule has 0 saturated heterocycles. The van der Waals surface area contributed by atoms with Crippen LogP contribution in [0.25, 0.3) is 0 Å². The van der Waals surface area contributed by atoms with Gasteiger partial charge in [0.25, 0.3) is 0 Å². The molecule has 0 radical (unpaired) electrons.